The van der Waals surface area contributed by atoms with E-state index in [2.05, 4.69) is 37.3 Å². The van der Waals surface area contributed by atoms with Crippen molar-refractivity contribution in [1.82, 2.24) is 24.8 Å². The molecule has 7 heteroatoms. The average molecular weight is 368 g/mol. The molecule has 1 aliphatic rings. The number of carbonyl (C=O) groups is 1. The lowest BCUT2D eigenvalue weighted by Crippen LogP contribution is -2.49. The minimum atomic E-state index is 0.195. The van der Waals surface area contributed by atoms with E-state index in [-0.39, 0.29) is 5.91 Å². The van der Waals surface area contributed by atoms with Gasteiger partial charge < -0.3 is 10.2 Å². The summed E-state index contributed by atoms with van der Waals surface area (Å²) in [5, 5.41) is 3.16. The van der Waals surface area contributed by atoms with Gasteiger partial charge in [-0.05, 0) is 44.0 Å². The summed E-state index contributed by atoms with van der Waals surface area (Å²) in [6, 6.07) is 6.06. The molecule has 144 valence electrons. The zero-order valence-corrected chi connectivity index (χ0v) is 16.2. The zero-order chi connectivity index (χ0) is 19.1. The molecule has 0 atom stereocenters. The van der Waals surface area contributed by atoms with Crippen LogP contribution in [0.15, 0.2) is 30.6 Å². The van der Waals surface area contributed by atoms with Crippen LogP contribution in [0.25, 0.3) is 0 Å². The molecular formula is C20H28N6O. The van der Waals surface area contributed by atoms with Crippen molar-refractivity contribution in [2.75, 3.05) is 44.6 Å². The maximum Gasteiger partial charge on any atom is 0.224 e. The van der Waals surface area contributed by atoms with Crippen molar-refractivity contribution in [2.45, 2.75) is 26.7 Å². The second-order valence-electron chi connectivity index (χ2n) is 6.98. The van der Waals surface area contributed by atoms with Crippen LogP contribution in [-0.2, 0) is 11.2 Å². The molecule has 1 saturated heterocycles. The van der Waals surface area contributed by atoms with Crippen LogP contribution in [0, 0.1) is 13.8 Å². The van der Waals surface area contributed by atoms with Gasteiger partial charge in [-0.2, -0.15) is 0 Å². The number of rotatable bonds is 7. The zero-order valence-electron chi connectivity index (χ0n) is 16.2. The molecule has 0 aliphatic carbocycles. The number of hydrogen-bond acceptors (Lipinski definition) is 6. The first-order valence-electron chi connectivity index (χ1n) is 9.55. The highest BCUT2D eigenvalue weighted by Gasteiger charge is 2.20. The second-order valence-corrected chi connectivity index (χ2v) is 6.98. The molecular weight excluding hydrogens is 340 g/mol. The maximum atomic E-state index is 12.4. The number of anilines is 1. The predicted octanol–water partition coefficient (Wildman–Crippen LogP) is 1.68. The molecule has 0 bridgehead atoms. The highest BCUT2D eigenvalue weighted by molar-refractivity contribution is 5.76. The van der Waals surface area contributed by atoms with Crippen molar-refractivity contribution in [3.63, 3.8) is 0 Å². The van der Waals surface area contributed by atoms with Crippen LogP contribution in [0.2, 0.25) is 0 Å². The summed E-state index contributed by atoms with van der Waals surface area (Å²) in [4.78, 5) is 29.5. The van der Waals surface area contributed by atoms with Gasteiger partial charge in [0.15, 0.2) is 0 Å². The van der Waals surface area contributed by atoms with Gasteiger partial charge >= 0.3 is 0 Å². The Hall–Kier alpha value is -2.54. The van der Waals surface area contributed by atoms with Crippen LogP contribution in [0.5, 0.6) is 0 Å². The summed E-state index contributed by atoms with van der Waals surface area (Å²) < 4.78 is 0. The molecule has 1 N–H and O–H groups in total. The number of nitrogens with one attached hydrogen (secondary N) is 1. The van der Waals surface area contributed by atoms with Crippen LogP contribution in [0.3, 0.4) is 0 Å². The summed E-state index contributed by atoms with van der Waals surface area (Å²) >= 11 is 0. The smallest absolute Gasteiger partial charge is 0.224 e. The minimum absolute atomic E-state index is 0.195. The van der Waals surface area contributed by atoms with E-state index < -0.39 is 0 Å². The standard InChI is InChI=1S/C20H28N6O/c1-16-15-17(2)24-20(23-16)22-9-5-19(27)26-13-11-25(12-14-26)10-6-18-3-7-21-8-4-18/h3-4,7-8,15H,5-6,9-14H2,1-2H3,(H,22,23,24). The monoisotopic (exact) mass is 368 g/mol. The molecule has 3 rings (SSSR count). The number of nitrogens with zero attached hydrogens (tertiary/aromatic N) is 5. The van der Waals surface area contributed by atoms with Crippen molar-refractivity contribution in [1.29, 1.82) is 0 Å². The third-order valence-electron chi connectivity index (χ3n) is 4.80. The van der Waals surface area contributed by atoms with E-state index in [4.69, 9.17) is 0 Å². The van der Waals surface area contributed by atoms with Gasteiger partial charge in [0.25, 0.3) is 0 Å². The molecule has 0 radical (unpaired) electrons. The van der Waals surface area contributed by atoms with Crippen LogP contribution in [0.4, 0.5) is 5.95 Å². The van der Waals surface area contributed by atoms with Gasteiger partial charge in [-0.3, -0.25) is 14.7 Å². The van der Waals surface area contributed by atoms with Gasteiger partial charge in [0.2, 0.25) is 11.9 Å². The Bertz CT molecular complexity index is 723. The Morgan fingerprint density at radius 1 is 1.07 bits per heavy atom. The molecule has 1 fully saturated rings. The average Bonchev–Trinajstić information content (AvgIpc) is 2.67. The largest absolute Gasteiger partial charge is 0.354 e. The van der Waals surface area contributed by atoms with Crippen LogP contribution >= 0.6 is 0 Å². The number of piperazine rings is 1. The summed E-state index contributed by atoms with van der Waals surface area (Å²) in [7, 11) is 0. The highest BCUT2D eigenvalue weighted by atomic mass is 16.2. The van der Waals surface area contributed by atoms with Crippen LogP contribution in [-0.4, -0.2) is 69.9 Å². The molecule has 1 amide bonds. The Labute approximate surface area is 160 Å². The maximum absolute atomic E-state index is 12.4. The van der Waals surface area contributed by atoms with E-state index in [9.17, 15) is 4.79 Å². The Kier molecular flexibility index (Phi) is 6.70. The van der Waals surface area contributed by atoms with E-state index in [0.29, 0.717) is 18.9 Å². The SMILES string of the molecule is Cc1cc(C)nc(NCCC(=O)N2CCN(CCc3ccncc3)CC2)n1. The van der Waals surface area contributed by atoms with Gasteiger partial charge in [-0.15, -0.1) is 0 Å². The fraction of sp³-hybridized carbons (Fsp3) is 0.500. The molecule has 0 aromatic carbocycles. The first-order valence-corrected chi connectivity index (χ1v) is 9.55. The molecule has 0 saturated carbocycles. The summed E-state index contributed by atoms with van der Waals surface area (Å²) in [6.45, 7) is 8.94. The van der Waals surface area contributed by atoms with E-state index in [0.717, 1.165) is 50.5 Å². The lowest BCUT2D eigenvalue weighted by Gasteiger charge is -2.34. The van der Waals surface area contributed by atoms with Crippen molar-refractivity contribution in [3.05, 3.63) is 47.5 Å². The number of aromatic nitrogens is 3. The van der Waals surface area contributed by atoms with E-state index in [1.807, 2.05) is 37.2 Å². The van der Waals surface area contributed by atoms with Crippen molar-refractivity contribution >= 4 is 11.9 Å². The normalized spacial score (nSPS) is 15.0. The fourth-order valence-electron chi connectivity index (χ4n) is 3.30. The van der Waals surface area contributed by atoms with Gasteiger partial charge in [0.1, 0.15) is 0 Å². The third-order valence-corrected chi connectivity index (χ3v) is 4.80. The van der Waals surface area contributed by atoms with Crippen molar-refractivity contribution in [2.24, 2.45) is 0 Å². The summed E-state index contributed by atoms with van der Waals surface area (Å²) in [5.74, 6) is 0.793. The summed E-state index contributed by atoms with van der Waals surface area (Å²) in [6.07, 6.45) is 5.16. The van der Waals surface area contributed by atoms with E-state index >= 15 is 0 Å². The number of pyridine rings is 1. The lowest BCUT2D eigenvalue weighted by atomic mass is 10.2. The second kappa shape index (κ2) is 9.41. The van der Waals surface area contributed by atoms with Crippen molar-refractivity contribution in [3.8, 4) is 0 Å². The Morgan fingerprint density at radius 3 is 2.41 bits per heavy atom. The quantitative estimate of drug-likeness (QED) is 0.801. The molecule has 2 aromatic rings. The van der Waals surface area contributed by atoms with Crippen LogP contribution in [0.1, 0.15) is 23.4 Å². The molecule has 1 aliphatic heterocycles. The Balaban J connectivity index is 1.35. The fourth-order valence-corrected chi connectivity index (χ4v) is 3.30. The van der Waals surface area contributed by atoms with Gasteiger partial charge in [0, 0.05) is 69.5 Å². The molecule has 27 heavy (non-hydrogen) atoms. The molecule has 2 aromatic heterocycles. The first kappa shape index (κ1) is 19.2. The highest BCUT2D eigenvalue weighted by Crippen LogP contribution is 2.07. The van der Waals surface area contributed by atoms with E-state index in [1.54, 1.807) is 0 Å². The predicted molar refractivity (Wildman–Crippen MR) is 106 cm³/mol. The third kappa shape index (κ3) is 5.99. The Morgan fingerprint density at radius 2 is 1.74 bits per heavy atom. The van der Waals surface area contributed by atoms with E-state index in [1.165, 1.54) is 5.56 Å². The molecule has 0 unspecified atom stereocenters. The number of amides is 1. The minimum Gasteiger partial charge on any atom is -0.354 e. The molecule has 0 spiro atoms. The van der Waals surface area contributed by atoms with Gasteiger partial charge in [-0.25, -0.2) is 9.97 Å². The van der Waals surface area contributed by atoms with Gasteiger partial charge in [0.05, 0.1) is 0 Å². The molecule has 3 heterocycles. The summed E-state index contributed by atoms with van der Waals surface area (Å²) in [5.41, 5.74) is 3.17. The lowest BCUT2D eigenvalue weighted by molar-refractivity contribution is -0.132. The topological polar surface area (TPSA) is 74.2 Å². The number of carbonyl (C=O) groups excluding carboxylic acids is 1. The van der Waals surface area contributed by atoms with Crippen molar-refractivity contribution < 1.29 is 4.79 Å². The molecule has 7 nitrogen and oxygen atoms in total. The number of aryl methyl sites for hydroxylation is 2. The van der Waals surface area contributed by atoms with Crippen LogP contribution < -0.4 is 5.32 Å². The first-order chi connectivity index (χ1) is 13.1. The number of hydrogen-bond donors (Lipinski definition) is 1. The van der Waals surface area contributed by atoms with Gasteiger partial charge in [-0.1, -0.05) is 0 Å².